The molecule has 2 aromatic carbocycles. The van der Waals surface area contributed by atoms with E-state index < -0.39 is 17.6 Å². The lowest BCUT2D eigenvalue weighted by molar-refractivity contribution is -0.137. The lowest BCUT2D eigenvalue weighted by Crippen LogP contribution is -2.32. The maximum Gasteiger partial charge on any atom is 0.416 e. The van der Waals surface area contributed by atoms with Gasteiger partial charge in [-0.1, -0.05) is 25.1 Å². The normalized spacial score (nSPS) is 12.3. The average molecular weight is 364 g/mol. The van der Waals surface area contributed by atoms with Crippen LogP contribution in [0.3, 0.4) is 0 Å². The van der Waals surface area contributed by atoms with Crippen molar-refractivity contribution >= 4 is 17.5 Å². The average Bonchev–Trinajstić information content (AvgIpc) is 2.61. The summed E-state index contributed by atoms with van der Waals surface area (Å²) in [6, 6.07) is 10.4. The number of para-hydroxylation sites is 1. The molecule has 4 nitrogen and oxygen atoms in total. The molecule has 138 valence electrons. The predicted molar refractivity (Wildman–Crippen MR) is 93.1 cm³/mol. The summed E-state index contributed by atoms with van der Waals surface area (Å²) in [7, 11) is 0. The van der Waals surface area contributed by atoms with Crippen molar-refractivity contribution in [2.24, 2.45) is 0 Å². The minimum atomic E-state index is -4.54. The van der Waals surface area contributed by atoms with E-state index in [2.05, 4.69) is 10.6 Å². The lowest BCUT2D eigenvalue weighted by Gasteiger charge is -2.15. The second-order valence-corrected chi connectivity index (χ2v) is 5.86. The van der Waals surface area contributed by atoms with E-state index in [1.54, 1.807) is 18.2 Å². The van der Waals surface area contributed by atoms with Gasteiger partial charge in [0.1, 0.15) is 0 Å². The summed E-state index contributed by atoms with van der Waals surface area (Å²) in [5, 5.41) is 5.30. The quantitative estimate of drug-likeness (QED) is 0.821. The summed E-state index contributed by atoms with van der Waals surface area (Å²) in [4.78, 5) is 24.7. The second kappa shape index (κ2) is 8.03. The molecule has 0 saturated carbocycles. The monoisotopic (exact) mass is 364 g/mol. The SMILES string of the molecule is CCC(C)NC(=O)c1ccccc1NC(=O)c1cccc(C(F)(F)F)c1. The molecule has 0 bridgehead atoms. The summed E-state index contributed by atoms with van der Waals surface area (Å²) in [5.74, 6) is -1.08. The summed E-state index contributed by atoms with van der Waals surface area (Å²) < 4.78 is 38.4. The van der Waals surface area contributed by atoms with Crippen LogP contribution in [0.2, 0.25) is 0 Å². The minimum absolute atomic E-state index is 0.0466. The van der Waals surface area contributed by atoms with Crippen LogP contribution in [0, 0.1) is 0 Å². The first-order chi connectivity index (χ1) is 12.2. The number of carbonyl (C=O) groups excluding carboxylic acids is 2. The molecule has 1 atom stereocenters. The highest BCUT2D eigenvalue weighted by Gasteiger charge is 2.31. The van der Waals surface area contributed by atoms with Crippen LogP contribution in [0.4, 0.5) is 18.9 Å². The van der Waals surface area contributed by atoms with Crippen molar-refractivity contribution in [3.63, 3.8) is 0 Å². The van der Waals surface area contributed by atoms with Gasteiger partial charge in [-0.05, 0) is 43.7 Å². The molecule has 1 unspecified atom stereocenters. The Morgan fingerprint density at radius 1 is 1.04 bits per heavy atom. The molecular formula is C19H19F3N2O2. The van der Waals surface area contributed by atoms with Crippen LogP contribution < -0.4 is 10.6 Å². The Morgan fingerprint density at radius 2 is 1.73 bits per heavy atom. The predicted octanol–water partition coefficient (Wildman–Crippen LogP) is 4.49. The molecule has 26 heavy (non-hydrogen) atoms. The van der Waals surface area contributed by atoms with Gasteiger partial charge in [0.05, 0.1) is 16.8 Å². The molecule has 0 heterocycles. The first-order valence-corrected chi connectivity index (χ1v) is 8.11. The number of halogens is 3. The number of anilines is 1. The van der Waals surface area contributed by atoms with Crippen molar-refractivity contribution < 1.29 is 22.8 Å². The van der Waals surface area contributed by atoms with E-state index >= 15 is 0 Å². The Hall–Kier alpha value is -2.83. The van der Waals surface area contributed by atoms with Crippen LogP contribution in [0.15, 0.2) is 48.5 Å². The van der Waals surface area contributed by atoms with Crippen LogP contribution in [0.1, 0.15) is 46.5 Å². The number of nitrogens with one attached hydrogen (secondary N) is 2. The first kappa shape index (κ1) is 19.5. The summed E-state index contributed by atoms with van der Waals surface area (Å²) in [5.41, 5.74) is -0.575. The van der Waals surface area contributed by atoms with Gasteiger partial charge in [-0.15, -0.1) is 0 Å². The van der Waals surface area contributed by atoms with Crippen molar-refractivity contribution in [1.82, 2.24) is 5.32 Å². The molecule has 2 amide bonds. The third kappa shape index (κ3) is 4.84. The van der Waals surface area contributed by atoms with Crippen molar-refractivity contribution in [3.8, 4) is 0 Å². The Bertz CT molecular complexity index is 803. The van der Waals surface area contributed by atoms with Gasteiger partial charge in [0.15, 0.2) is 0 Å². The molecule has 0 spiro atoms. The third-order valence-corrected chi connectivity index (χ3v) is 3.86. The summed E-state index contributed by atoms with van der Waals surface area (Å²) >= 11 is 0. The molecule has 2 aromatic rings. The fourth-order valence-corrected chi connectivity index (χ4v) is 2.22. The summed E-state index contributed by atoms with van der Waals surface area (Å²) in [6.45, 7) is 3.77. The highest BCUT2D eigenvalue weighted by Crippen LogP contribution is 2.29. The molecule has 0 aliphatic rings. The van der Waals surface area contributed by atoms with Gasteiger partial charge >= 0.3 is 6.18 Å². The standard InChI is InChI=1S/C19H19F3N2O2/c1-3-12(2)23-18(26)15-9-4-5-10-16(15)24-17(25)13-7-6-8-14(11-13)19(20,21)22/h4-12H,3H2,1-2H3,(H,23,26)(H,24,25). The van der Waals surface area contributed by atoms with E-state index in [0.29, 0.717) is 0 Å². The van der Waals surface area contributed by atoms with Crippen LogP contribution >= 0.6 is 0 Å². The Balaban J connectivity index is 2.24. The molecule has 0 aliphatic carbocycles. The van der Waals surface area contributed by atoms with E-state index in [1.807, 2.05) is 13.8 Å². The van der Waals surface area contributed by atoms with Gasteiger partial charge < -0.3 is 10.6 Å². The number of amides is 2. The molecule has 0 radical (unpaired) electrons. The molecule has 0 aliphatic heterocycles. The number of hydrogen-bond donors (Lipinski definition) is 2. The molecule has 7 heteroatoms. The van der Waals surface area contributed by atoms with Gasteiger partial charge in [-0.2, -0.15) is 13.2 Å². The Morgan fingerprint density at radius 3 is 2.38 bits per heavy atom. The maximum absolute atomic E-state index is 12.8. The van der Waals surface area contributed by atoms with E-state index in [9.17, 15) is 22.8 Å². The third-order valence-electron chi connectivity index (χ3n) is 3.86. The summed E-state index contributed by atoms with van der Waals surface area (Å²) in [6.07, 6.45) is -3.80. The van der Waals surface area contributed by atoms with Gasteiger partial charge in [-0.3, -0.25) is 9.59 Å². The zero-order valence-electron chi connectivity index (χ0n) is 14.4. The second-order valence-electron chi connectivity index (χ2n) is 5.86. The molecule has 0 fully saturated rings. The van der Waals surface area contributed by atoms with E-state index in [0.717, 1.165) is 18.6 Å². The van der Waals surface area contributed by atoms with Crippen LogP contribution in [-0.2, 0) is 6.18 Å². The van der Waals surface area contributed by atoms with Crippen molar-refractivity contribution in [2.75, 3.05) is 5.32 Å². The maximum atomic E-state index is 12.8. The van der Waals surface area contributed by atoms with Crippen LogP contribution in [-0.4, -0.2) is 17.9 Å². The zero-order chi connectivity index (χ0) is 19.3. The van der Waals surface area contributed by atoms with Crippen LogP contribution in [0.25, 0.3) is 0 Å². The Labute approximate surface area is 149 Å². The first-order valence-electron chi connectivity index (χ1n) is 8.11. The molecule has 0 saturated heterocycles. The topological polar surface area (TPSA) is 58.2 Å². The smallest absolute Gasteiger partial charge is 0.350 e. The highest BCUT2D eigenvalue weighted by atomic mass is 19.4. The van der Waals surface area contributed by atoms with E-state index in [4.69, 9.17) is 0 Å². The van der Waals surface area contributed by atoms with Gasteiger partial charge in [-0.25, -0.2) is 0 Å². The van der Waals surface area contributed by atoms with E-state index in [-0.39, 0.29) is 28.8 Å². The van der Waals surface area contributed by atoms with Gasteiger partial charge in [0.25, 0.3) is 11.8 Å². The largest absolute Gasteiger partial charge is 0.416 e. The van der Waals surface area contributed by atoms with Crippen molar-refractivity contribution in [2.45, 2.75) is 32.5 Å². The van der Waals surface area contributed by atoms with Crippen LogP contribution in [0.5, 0.6) is 0 Å². The Kier molecular flexibility index (Phi) is 6.02. The highest BCUT2D eigenvalue weighted by molar-refractivity contribution is 6.09. The fourth-order valence-electron chi connectivity index (χ4n) is 2.22. The lowest BCUT2D eigenvalue weighted by atomic mass is 10.1. The number of carbonyl (C=O) groups is 2. The number of alkyl halides is 3. The number of benzene rings is 2. The minimum Gasteiger partial charge on any atom is -0.350 e. The van der Waals surface area contributed by atoms with E-state index in [1.165, 1.54) is 18.2 Å². The molecule has 2 rings (SSSR count). The fraction of sp³-hybridized carbons (Fsp3) is 0.263. The molecular weight excluding hydrogens is 345 g/mol. The van der Waals surface area contributed by atoms with Gasteiger partial charge in [0.2, 0.25) is 0 Å². The van der Waals surface area contributed by atoms with Crippen molar-refractivity contribution in [3.05, 3.63) is 65.2 Å². The zero-order valence-corrected chi connectivity index (χ0v) is 14.4. The van der Waals surface area contributed by atoms with Gasteiger partial charge in [0, 0.05) is 11.6 Å². The number of hydrogen-bond acceptors (Lipinski definition) is 2. The van der Waals surface area contributed by atoms with Crippen molar-refractivity contribution in [1.29, 1.82) is 0 Å². The molecule has 0 aromatic heterocycles. The molecule has 2 N–H and O–H groups in total. The number of rotatable bonds is 5.